The highest BCUT2D eigenvalue weighted by Gasteiger charge is 2.21. The third-order valence-electron chi connectivity index (χ3n) is 4.92. The Morgan fingerprint density at radius 3 is 2.69 bits per heavy atom. The SMILES string of the molecule is C=C(/C=C/C(/C=C\C)Oc1sc(S(=O)(=O)NC/C(=C/C=C\CCl)CC)cc1Cl)N(CC)CCNC. The summed E-state index contributed by atoms with van der Waals surface area (Å²) in [5.74, 6) is 0.403. The first-order valence-electron chi connectivity index (χ1n) is 11.5. The van der Waals surface area contributed by atoms with Crippen LogP contribution in [0.25, 0.3) is 0 Å². The lowest BCUT2D eigenvalue weighted by atomic mass is 10.2. The van der Waals surface area contributed by atoms with E-state index in [-0.39, 0.29) is 15.8 Å². The van der Waals surface area contributed by atoms with Gasteiger partial charge in [-0.25, -0.2) is 13.1 Å². The summed E-state index contributed by atoms with van der Waals surface area (Å²) in [5, 5.41) is 3.72. The second-order valence-corrected chi connectivity index (χ2v) is 11.2. The molecule has 1 heterocycles. The maximum absolute atomic E-state index is 12.8. The van der Waals surface area contributed by atoms with Gasteiger partial charge in [-0.1, -0.05) is 66.3 Å². The summed E-state index contributed by atoms with van der Waals surface area (Å²) in [4.78, 5) is 2.15. The Bertz CT molecular complexity index is 1020. The van der Waals surface area contributed by atoms with E-state index in [4.69, 9.17) is 27.9 Å². The number of allylic oxidation sites excluding steroid dienone is 5. The van der Waals surface area contributed by atoms with Crippen LogP contribution < -0.4 is 14.8 Å². The van der Waals surface area contributed by atoms with E-state index in [1.165, 1.54) is 6.07 Å². The Morgan fingerprint density at radius 2 is 2.09 bits per heavy atom. The van der Waals surface area contributed by atoms with Crippen LogP contribution in [0.4, 0.5) is 0 Å². The van der Waals surface area contributed by atoms with E-state index >= 15 is 0 Å². The second-order valence-electron chi connectivity index (χ2n) is 7.43. The zero-order valence-electron chi connectivity index (χ0n) is 20.9. The Morgan fingerprint density at radius 1 is 1.34 bits per heavy atom. The Labute approximate surface area is 225 Å². The summed E-state index contributed by atoms with van der Waals surface area (Å²) < 4.78 is 34.4. The van der Waals surface area contributed by atoms with Gasteiger partial charge < -0.3 is 15.0 Å². The smallest absolute Gasteiger partial charge is 0.250 e. The van der Waals surface area contributed by atoms with Crippen LogP contribution >= 0.6 is 34.5 Å². The zero-order chi connectivity index (χ0) is 26.3. The van der Waals surface area contributed by atoms with Gasteiger partial charge in [0.25, 0.3) is 10.0 Å². The molecule has 0 saturated carbocycles. The molecule has 0 spiro atoms. The highest BCUT2D eigenvalue weighted by Crippen LogP contribution is 2.38. The van der Waals surface area contributed by atoms with Crippen LogP contribution in [-0.4, -0.2) is 58.5 Å². The van der Waals surface area contributed by atoms with Crippen LogP contribution in [0.5, 0.6) is 5.06 Å². The van der Waals surface area contributed by atoms with Crippen molar-refractivity contribution >= 4 is 44.6 Å². The van der Waals surface area contributed by atoms with Crippen LogP contribution in [0.15, 0.2) is 70.7 Å². The summed E-state index contributed by atoms with van der Waals surface area (Å²) >= 11 is 13.0. The van der Waals surface area contributed by atoms with Crippen molar-refractivity contribution < 1.29 is 13.2 Å². The quantitative estimate of drug-likeness (QED) is 0.144. The molecule has 1 atom stereocenters. The molecule has 0 aromatic carbocycles. The van der Waals surface area contributed by atoms with Gasteiger partial charge in [-0.15, -0.1) is 11.6 Å². The Hall–Kier alpha value is -1.55. The average Bonchev–Trinajstić information content (AvgIpc) is 3.21. The van der Waals surface area contributed by atoms with Gasteiger partial charge in [-0.05, 0) is 51.6 Å². The minimum Gasteiger partial charge on any atom is -0.471 e. The van der Waals surface area contributed by atoms with Crippen molar-refractivity contribution in [2.75, 3.05) is 39.1 Å². The fraction of sp³-hybridized carbons (Fsp3) is 0.440. The van der Waals surface area contributed by atoms with Crippen molar-refractivity contribution in [2.45, 2.75) is 37.5 Å². The van der Waals surface area contributed by atoms with Crippen molar-refractivity contribution in [3.63, 3.8) is 0 Å². The lowest BCUT2D eigenvalue weighted by Crippen LogP contribution is -2.29. The first-order chi connectivity index (χ1) is 16.7. The number of nitrogens with one attached hydrogen (secondary N) is 2. The lowest BCUT2D eigenvalue weighted by molar-refractivity contribution is 0.304. The fourth-order valence-corrected chi connectivity index (χ4v) is 5.69. The number of ether oxygens (including phenoxy) is 1. The average molecular weight is 563 g/mol. The molecule has 0 bridgehead atoms. The molecule has 0 fully saturated rings. The predicted molar refractivity (Wildman–Crippen MR) is 151 cm³/mol. The normalized spacial score (nSPS) is 13.8. The zero-order valence-corrected chi connectivity index (χ0v) is 24.0. The summed E-state index contributed by atoms with van der Waals surface area (Å²) in [6, 6.07) is 1.42. The molecule has 1 unspecified atom stereocenters. The molecule has 10 heteroatoms. The number of nitrogens with zero attached hydrogens (tertiary/aromatic N) is 1. The van der Waals surface area contributed by atoms with Crippen LogP contribution in [0.2, 0.25) is 5.02 Å². The number of thiophene rings is 1. The molecule has 196 valence electrons. The molecular weight excluding hydrogens is 525 g/mol. The van der Waals surface area contributed by atoms with Crippen LogP contribution in [-0.2, 0) is 10.0 Å². The first kappa shape index (κ1) is 31.5. The Kier molecular flexibility index (Phi) is 15.3. The van der Waals surface area contributed by atoms with E-state index in [1.807, 2.05) is 57.4 Å². The number of hydrogen-bond acceptors (Lipinski definition) is 6. The highest BCUT2D eigenvalue weighted by molar-refractivity contribution is 7.91. The van der Waals surface area contributed by atoms with Gasteiger partial charge in [-0.3, -0.25) is 0 Å². The van der Waals surface area contributed by atoms with Crippen molar-refractivity contribution in [1.29, 1.82) is 0 Å². The maximum atomic E-state index is 12.8. The molecule has 1 aromatic heterocycles. The number of hydrogen-bond donors (Lipinski definition) is 2. The van der Waals surface area contributed by atoms with Crippen molar-refractivity contribution in [2.24, 2.45) is 0 Å². The van der Waals surface area contributed by atoms with E-state index in [2.05, 4.69) is 28.4 Å². The number of likely N-dealkylation sites (N-methyl/N-ethyl adjacent to an activating group) is 2. The molecule has 0 amide bonds. The highest BCUT2D eigenvalue weighted by atomic mass is 35.5. The van der Waals surface area contributed by atoms with Gasteiger partial charge >= 0.3 is 0 Å². The summed E-state index contributed by atoms with van der Waals surface area (Å²) in [6.45, 7) is 12.8. The number of halogens is 2. The molecule has 0 aliphatic carbocycles. The first-order valence-corrected chi connectivity index (χ1v) is 14.7. The second kappa shape index (κ2) is 17.0. The van der Waals surface area contributed by atoms with Gasteiger partial charge in [0.1, 0.15) is 10.3 Å². The van der Waals surface area contributed by atoms with Gasteiger partial charge in [0.05, 0.1) is 5.02 Å². The summed E-state index contributed by atoms with van der Waals surface area (Å²) in [7, 11) is -1.83. The minimum atomic E-state index is -3.74. The summed E-state index contributed by atoms with van der Waals surface area (Å²) in [6.07, 6.45) is 13.3. The third kappa shape index (κ3) is 11.4. The van der Waals surface area contributed by atoms with Crippen LogP contribution in [0.1, 0.15) is 27.2 Å². The minimum absolute atomic E-state index is 0.0982. The molecule has 35 heavy (non-hydrogen) atoms. The number of sulfonamides is 1. The van der Waals surface area contributed by atoms with E-state index in [1.54, 1.807) is 6.08 Å². The maximum Gasteiger partial charge on any atom is 0.250 e. The van der Waals surface area contributed by atoms with Crippen molar-refractivity contribution in [3.8, 4) is 5.06 Å². The standard InChI is InChI=1S/C25H37Cl2N3O3S2/c1-6-11-22(14-13-20(4)30(8-3)17-16-28-5)33-25-23(27)18-24(34-25)35(31,32)29-19-21(7-2)12-9-10-15-26/h6,9-14,18,22,28-29H,4,7-8,15-17,19H2,1-3,5H3/b10-9-,11-6-,14-13+,21-12+. The molecule has 0 aliphatic heterocycles. The molecule has 0 saturated heterocycles. The monoisotopic (exact) mass is 561 g/mol. The van der Waals surface area contributed by atoms with E-state index < -0.39 is 16.1 Å². The molecule has 1 rings (SSSR count). The third-order valence-corrected chi connectivity index (χ3v) is 8.39. The topological polar surface area (TPSA) is 70.7 Å². The largest absolute Gasteiger partial charge is 0.471 e. The van der Waals surface area contributed by atoms with E-state index in [9.17, 15) is 8.42 Å². The lowest BCUT2D eigenvalue weighted by Gasteiger charge is -2.23. The number of rotatable bonds is 17. The molecule has 0 radical (unpaired) electrons. The molecule has 2 N–H and O–H groups in total. The summed E-state index contributed by atoms with van der Waals surface area (Å²) in [5.41, 5.74) is 1.80. The Balaban J connectivity index is 2.96. The van der Waals surface area contributed by atoms with Gasteiger partial charge in [0.15, 0.2) is 5.06 Å². The van der Waals surface area contributed by atoms with Crippen molar-refractivity contribution in [3.05, 3.63) is 71.5 Å². The fourth-order valence-electron chi connectivity index (χ4n) is 2.88. The van der Waals surface area contributed by atoms with Crippen LogP contribution in [0.3, 0.4) is 0 Å². The van der Waals surface area contributed by atoms with Gasteiger partial charge in [-0.2, -0.15) is 0 Å². The van der Waals surface area contributed by atoms with Crippen LogP contribution in [0, 0.1) is 0 Å². The molecule has 0 aliphatic rings. The number of alkyl halides is 1. The van der Waals surface area contributed by atoms with Gasteiger partial charge in [0.2, 0.25) is 0 Å². The van der Waals surface area contributed by atoms with Crippen molar-refractivity contribution in [1.82, 2.24) is 14.9 Å². The molecular formula is C25H37Cl2N3O3S2. The molecule has 1 aromatic rings. The predicted octanol–water partition coefficient (Wildman–Crippen LogP) is 5.75. The molecule has 6 nitrogen and oxygen atoms in total. The van der Waals surface area contributed by atoms with E-state index in [0.717, 1.165) is 42.2 Å². The van der Waals surface area contributed by atoms with Gasteiger partial charge in [0, 0.05) is 37.8 Å². The van der Waals surface area contributed by atoms with E-state index in [0.29, 0.717) is 17.4 Å².